The van der Waals surface area contributed by atoms with E-state index in [4.69, 9.17) is 20.5 Å². The maximum Gasteiger partial charge on any atom is 0.243 e. The summed E-state index contributed by atoms with van der Waals surface area (Å²) in [5.74, 6) is 0.0878. The summed E-state index contributed by atoms with van der Waals surface area (Å²) in [7, 11) is 1.53. The molecule has 3 N–H and O–H groups in total. The first kappa shape index (κ1) is 15.0. The van der Waals surface area contributed by atoms with E-state index in [-0.39, 0.29) is 6.61 Å². The predicted molar refractivity (Wildman–Crippen MR) is 69.4 cm³/mol. The zero-order valence-electron chi connectivity index (χ0n) is 10.8. The van der Waals surface area contributed by atoms with E-state index < -0.39 is 5.91 Å². The lowest BCUT2D eigenvalue weighted by Crippen LogP contribution is -2.23. The van der Waals surface area contributed by atoms with E-state index in [0.717, 1.165) is 5.56 Å². The molecule has 0 aliphatic carbocycles. The van der Waals surface area contributed by atoms with Crippen LogP contribution >= 0.6 is 0 Å². The van der Waals surface area contributed by atoms with Crippen LogP contribution in [0.15, 0.2) is 18.2 Å². The highest BCUT2D eigenvalue weighted by molar-refractivity contribution is 5.74. The summed E-state index contributed by atoms with van der Waals surface area (Å²) in [6.07, 6.45) is 0. The molecule has 102 valence electrons. The number of ether oxygens (including phenoxy) is 2. The van der Waals surface area contributed by atoms with E-state index in [9.17, 15) is 4.79 Å². The van der Waals surface area contributed by atoms with Crippen LogP contribution in [0.25, 0.3) is 0 Å². The number of nitrogens with one attached hydrogen (secondary N) is 1. The lowest BCUT2D eigenvalue weighted by atomic mass is 10.1. The van der Waals surface area contributed by atoms with Crippen molar-refractivity contribution >= 4 is 5.91 Å². The van der Waals surface area contributed by atoms with Gasteiger partial charge < -0.3 is 20.5 Å². The van der Waals surface area contributed by atoms with Gasteiger partial charge in [-0.2, -0.15) is 5.26 Å². The molecular formula is C13H17N3O3. The number of methoxy groups -OCH3 is 1. The molecule has 0 atom stereocenters. The largest absolute Gasteiger partial charge is 0.495 e. The normalized spacial score (nSPS) is 9.89. The second-order valence-electron chi connectivity index (χ2n) is 3.84. The molecule has 0 saturated carbocycles. The maximum absolute atomic E-state index is 10.4. The Labute approximate surface area is 112 Å². The molecule has 0 saturated heterocycles. The standard InChI is InChI=1S/C13H17N3O3/c1-18-12-3-2-10(6-11(12)7-14)8-16-4-5-19-9-13(15)17/h2-3,6,16H,4-5,8-9H2,1H3,(H2,15,17). The molecule has 6 heteroatoms. The van der Waals surface area contributed by atoms with E-state index >= 15 is 0 Å². The molecular weight excluding hydrogens is 246 g/mol. The molecule has 1 amide bonds. The summed E-state index contributed by atoms with van der Waals surface area (Å²) in [5.41, 5.74) is 6.42. The monoisotopic (exact) mass is 263 g/mol. The number of hydrogen-bond acceptors (Lipinski definition) is 5. The molecule has 1 aromatic rings. The summed E-state index contributed by atoms with van der Waals surface area (Å²) in [6, 6.07) is 7.50. The van der Waals surface area contributed by atoms with Gasteiger partial charge in [0, 0.05) is 13.1 Å². The van der Waals surface area contributed by atoms with Gasteiger partial charge in [0.05, 0.1) is 19.3 Å². The number of nitrogens with zero attached hydrogens (tertiary/aromatic N) is 1. The number of primary amides is 1. The molecule has 0 aliphatic heterocycles. The van der Waals surface area contributed by atoms with Crippen LogP contribution in [-0.2, 0) is 16.1 Å². The Morgan fingerprint density at radius 2 is 2.32 bits per heavy atom. The van der Waals surface area contributed by atoms with Gasteiger partial charge in [0.15, 0.2) is 0 Å². The number of benzene rings is 1. The van der Waals surface area contributed by atoms with Crippen molar-refractivity contribution in [3.05, 3.63) is 29.3 Å². The Morgan fingerprint density at radius 3 is 2.95 bits per heavy atom. The van der Waals surface area contributed by atoms with Crippen LogP contribution in [0.3, 0.4) is 0 Å². The number of hydrogen-bond donors (Lipinski definition) is 2. The fraction of sp³-hybridized carbons (Fsp3) is 0.385. The Balaban J connectivity index is 2.34. The van der Waals surface area contributed by atoms with Crippen molar-refractivity contribution in [2.24, 2.45) is 5.73 Å². The number of carbonyl (C=O) groups is 1. The van der Waals surface area contributed by atoms with E-state index in [1.54, 1.807) is 12.1 Å². The van der Waals surface area contributed by atoms with Crippen molar-refractivity contribution in [2.45, 2.75) is 6.54 Å². The molecule has 0 spiro atoms. The smallest absolute Gasteiger partial charge is 0.243 e. The molecule has 1 aromatic carbocycles. The summed E-state index contributed by atoms with van der Waals surface area (Å²) < 4.78 is 10.1. The number of amides is 1. The first-order valence-electron chi connectivity index (χ1n) is 5.81. The molecule has 0 aromatic heterocycles. The average molecular weight is 263 g/mol. The third-order valence-corrected chi connectivity index (χ3v) is 2.38. The van der Waals surface area contributed by atoms with Gasteiger partial charge in [-0.1, -0.05) is 6.07 Å². The van der Waals surface area contributed by atoms with Crippen molar-refractivity contribution in [1.29, 1.82) is 5.26 Å². The number of nitriles is 1. The topological polar surface area (TPSA) is 97.4 Å². The van der Waals surface area contributed by atoms with Gasteiger partial charge >= 0.3 is 0 Å². The third kappa shape index (κ3) is 5.38. The van der Waals surface area contributed by atoms with Crippen LogP contribution in [-0.4, -0.2) is 32.8 Å². The molecule has 0 unspecified atom stereocenters. The Hall–Kier alpha value is -2.10. The third-order valence-electron chi connectivity index (χ3n) is 2.38. The fourth-order valence-corrected chi connectivity index (χ4v) is 1.50. The first-order valence-corrected chi connectivity index (χ1v) is 5.81. The van der Waals surface area contributed by atoms with Gasteiger partial charge in [-0.05, 0) is 17.7 Å². The fourth-order valence-electron chi connectivity index (χ4n) is 1.50. The molecule has 0 radical (unpaired) electrons. The van der Waals surface area contributed by atoms with Crippen LogP contribution < -0.4 is 15.8 Å². The van der Waals surface area contributed by atoms with Gasteiger partial charge in [0.1, 0.15) is 18.4 Å². The molecule has 19 heavy (non-hydrogen) atoms. The Morgan fingerprint density at radius 1 is 1.53 bits per heavy atom. The summed E-state index contributed by atoms with van der Waals surface area (Å²) in [6.45, 7) is 1.55. The van der Waals surface area contributed by atoms with E-state index in [2.05, 4.69) is 11.4 Å². The summed E-state index contributed by atoms with van der Waals surface area (Å²) >= 11 is 0. The van der Waals surface area contributed by atoms with Crippen LogP contribution in [0.2, 0.25) is 0 Å². The lowest BCUT2D eigenvalue weighted by Gasteiger charge is -2.07. The molecule has 0 heterocycles. The zero-order valence-corrected chi connectivity index (χ0v) is 10.8. The van der Waals surface area contributed by atoms with Gasteiger partial charge in [-0.25, -0.2) is 0 Å². The molecule has 0 fully saturated rings. The molecule has 6 nitrogen and oxygen atoms in total. The average Bonchev–Trinajstić information content (AvgIpc) is 2.42. The van der Waals surface area contributed by atoms with Gasteiger partial charge in [-0.3, -0.25) is 4.79 Å². The van der Waals surface area contributed by atoms with Crippen molar-refractivity contribution < 1.29 is 14.3 Å². The number of nitrogens with two attached hydrogens (primary N) is 1. The van der Waals surface area contributed by atoms with Gasteiger partial charge in [0.2, 0.25) is 5.91 Å². The number of carbonyl (C=O) groups excluding carboxylic acids is 1. The lowest BCUT2D eigenvalue weighted by molar-refractivity contribution is -0.122. The highest BCUT2D eigenvalue weighted by Gasteiger charge is 2.03. The molecule has 0 aliphatic rings. The Bertz CT molecular complexity index is 469. The minimum Gasteiger partial charge on any atom is -0.495 e. The van der Waals surface area contributed by atoms with Crippen molar-refractivity contribution in [3.63, 3.8) is 0 Å². The Kier molecular flexibility index (Phi) is 6.36. The van der Waals surface area contributed by atoms with E-state index in [0.29, 0.717) is 31.0 Å². The molecule has 1 rings (SSSR count). The van der Waals surface area contributed by atoms with Crippen molar-refractivity contribution in [1.82, 2.24) is 5.32 Å². The first-order chi connectivity index (χ1) is 9.17. The van der Waals surface area contributed by atoms with Crippen molar-refractivity contribution in [2.75, 3.05) is 26.9 Å². The predicted octanol–water partition coefficient (Wildman–Crippen LogP) is 0.158. The quantitative estimate of drug-likeness (QED) is 0.651. The summed E-state index contributed by atoms with van der Waals surface area (Å²) in [4.78, 5) is 10.4. The van der Waals surface area contributed by atoms with Gasteiger partial charge in [0.25, 0.3) is 0 Å². The SMILES string of the molecule is COc1ccc(CNCCOCC(N)=O)cc1C#N. The minimum atomic E-state index is -0.478. The maximum atomic E-state index is 10.4. The second-order valence-corrected chi connectivity index (χ2v) is 3.84. The van der Waals surface area contributed by atoms with Crippen LogP contribution in [0.4, 0.5) is 0 Å². The van der Waals surface area contributed by atoms with E-state index in [1.165, 1.54) is 7.11 Å². The second kappa shape index (κ2) is 8.08. The minimum absolute atomic E-state index is 0.0667. The highest BCUT2D eigenvalue weighted by atomic mass is 16.5. The molecule has 0 bridgehead atoms. The van der Waals surface area contributed by atoms with Crippen molar-refractivity contribution in [3.8, 4) is 11.8 Å². The van der Waals surface area contributed by atoms with Gasteiger partial charge in [-0.15, -0.1) is 0 Å². The van der Waals surface area contributed by atoms with Crippen LogP contribution in [0, 0.1) is 11.3 Å². The highest BCUT2D eigenvalue weighted by Crippen LogP contribution is 2.18. The summed E-state index contributed by atoms with van der Waals surface area (Å²) in [5, 5.41) is 12.1. The number of rotatable bonds is 8. The zero-order chi connectivity index (χ0) is 14.1. The van der Waals surface area contributed by atoms with Crippen LogP contribution in [0.1, 0.15) is 11.1 Å². The van der Waals surface area contributed by atoms with E-state index in [1.807, 2.05) is 6.07 Å². The van der Waals surface area contributed by atoms with Crippen LogP contribution in [0.5, 0.6) is 5.75 Å².